The highest BCUT2D eigenvalue weighted by Crippen LogP contribution is 2.38. The number of pyridine rings is 1. The first-order valence-corrected chi connectivity index (χ1v) is 8.34. The van der Waals surface area contributed by atoms with Gasteiger partial charge in [-0.3, -0.25) is 15.1 Å². The summed E-state index contributed by atoms with van der Waals surface area (Å²) in [4.78, 5) is 14.8. The minimum atomic E-state index is -0.408. The zero-order valence-corrected chi connectivity index (χ0v) is 14.3. The lowest BCUT2D eigenvalue weighted by Gasteiger charge is -2.20. The average molecular weight is 372 g/mol. The summed E-state index contributed by atoms with van der Waals surface area (Å²) in [6.45, 7) is 1.44. The molecule has 4 rings (SSSR count). The fourth-order valence-corrected chi connectivity index (χ4v) is 3.24. The van der Waals surface area contributed by atoms with Crippen LogP contribution in [0.4, 0.5) is 11.4 Å². The van der Waals surface area contributed by atoms with Crippen molar-refractivity contribution >= 4 is 33.7 Å². The molecule has 0 atom stereocenters. The van der Waals surface area contributed by atoms with E-state index in [0.29, 0.717) is 41.7 Å². The molecule has 132 valence electrons. The number of nitro groups is 1. The van der Waals surface area contributed by atoms with Gasteiger partial charge in [0.15, 0.2) is 11.5 Å². The summed E-state index contributed by atoms with van der Waals surface area (Å²) >= 11 is 6.26. The van der Waals surface area contributed by atoms with Crippen molar-refractivity contribution in [1.82, 2.24) is 4.98 Å². The monoisotopic (exact) mass is 371 g/mol. The SMILES string of the molecule is O=[N+]([O-])c1ccc(NCc2cc(Cl)c3c(c2)OCCO3)c2ccncc12. The van der Waals surface area contributed by atoms with Gasteiger partial charge in [0.25, 0.3) is 5.69 Å². The molecule has 3 aromatic rings. The van der Waals surface area contributed by atoms with Crippen LogP contribution in [0.5, 0.6) is 11.5 Å². The third kappa shape index (κ3) is 2.97. The van der Waals surface area contributed by atoms with Crippen LogP contribution in [0, 0.1) is 10.1 Å². The lowest BCUT2D eigenvalue weighted by atomic mass is 10.1. The fourth-order valence-electron chi connectivity index (χ4n) is 2.95. The van der Waals surface area contributed by atoms with E-state index in [0.717, 1.165) is 16.6 Å². The summed E-state index contributed by atoms with van der Waals surface area (Å²) in [5.74, 6) is 1.19. The van der Waals surface area contributed by atoms with Crippen molar-refractivity contribution in [3.8, 4) is 11.5 Å². The molecule has 0 bridgehead atoms. The van der Waals surface area contributed by atoms with Crippen molar-refractivity contribution in [2.24, 2.45) is 0 Å². The number of hydrogen-bond donors (Lipinski definition) is 1. The van der Waals surface area contributed by atoms with Crippen LogP contribution < -0.4 is 14.8 Å². The Morgan fingerprint density at radius 3 is 2.88 bits per heavy atom. The lowest BCUT2D eigenvalue weighted by molar-refractivity contribution is -0.383. The Kier molecular flexibility index (Phi) is 4.22. The van der Waals surface area contributed by atoms with Crippen LogP contribution in [0.2, 0.25) is 5.02 Å². The van der Waals surface area contributed by atoms with E-state index in [1.54, 1.807) is 18.3 Å². The Labute approximate surface area is 153 Å². The number of nitrogens with one attached hydrogen (secondary N) is 1. The van der Waals surface area contributed by atoms with Gasteiger partial charge in [0.2, 0.25) is 0 Å². The number of rotatable bonds is 4. The zero-order valence-electron chi connectivity index (χ0n) is 13.6. The Morgan fingerprint density at radius 2 is 2.04 bits per heavy atom. The zero-order chi connectivity index (χ0) is 18.1. The maximum atomic E-state index is 11.2. The number of anilines is 1. The summed E-state index contributed by atoms with van der Waals surface area (Å²) in [5.41, 5.74) is 1.72. The van der Waals surface area contributed by atoms with Crippen LogP contribution in [0.3, 0.4) is 0 Å². The van der Waals surface area contributed by atoms with Gasteiger partial charge in [-0.05, 0) is 29.8 Å². The minimum absolute atomic E-state index is 0.0287. The number of non-ortho nitro benzene ring substituents is 1. The highest BCUT2D eigenvalue weighted by molar-refractivity contribution is 6.32. The maximum absolute atomic E-state index is 11.2. The number of nitrogens with zero attached hydrogens (tertiary/aromatic N) is 2. The van der Waals surface area contributed by atoms with E-state index in [4.69, 9.17) is 21.1 Å². The molecule has 0 spiro atoms. The molecular weight excluding hydrogens is 358 g/mol. The third-order valence-corrected chi connectivity index (χ3v) is 4.41. The molecule has 0 aliphatic carbocycles. The summed E-state index contributed by atoms with van der Waals surface area (Å²) < 4.78 is 11.1. The summed E-state index contributed by atoms with van der Waals surface area (Å²) in [6.07, 6.45) is 3.11. The van der Waals surface area contributed by atoms with Gasteiger partial charge in [0, 0.05) is 36.1 Å². The second-order valence-electron chi connectivity index (χ2n) is 5.77. The topological polar surface area (TPSA) is 86.5 Å². The van der Waals surface area contributed by atoms with Gasteiger partial charge in [-0.1, -0.05) is 11.6 Å². The summed E-state index contributed by atoms with van der Waals surface area (Å²) in [7, 11) is 0. The Balaban J connectivity index is 1.64. The molecule has 0 unspecified atom stereocenters. The van der Waals surface area contributed by atoms with E-state index in [9.17, 15) is 10.1 Å². The first kappa shape index (κ1) is 16.4. The van der Waals surface area contributed by atoms with Gasteiger partial charge in [0.1, 0.15) is 13.2 Å². The molecule has 0 saturated carbocycles. The number of ether oxygens (including phenoxy) is 2. The minimum Gasteiger partial charge on any atom is -0.486 e. The molecule has 1 N–H and O–H groups in total. The molecule has 7 nitrogen and oxygen atoms in total. The fraction of sp³-hybridized carbons (Fsp3) is 0.167. The largest absolute Gasteiger partial charge is 0.486 e. The molecule has 8 heteroatoms. The van der Waals surface area contributed by atoms with Gasteiger partial charge in [-0.15, -0.1) is 0 Å². The summed E-state index contributed by atoms with van der Waals surface area (Å²) in [5, 5.41) is 16.2. The number of nitro benzene ring substituents is 1. The Bertz CT molecular complexity index is 1010. The Morgan fingerprint density at radius 1 is 1.19 bits per heavy atom. The molecule has 1 aromatic heterocycles. The molecule has 0 amide bonds. The normalized spacial score (nSPS) is 12.8. The van der Waals surface area contributed by atoms with E-state index in [1.165, 1.54) is 12.3 Å². The van der Waals surface area contributed by atoms with Crippen molar-refractivity contribution in [1.29, 1.82) is 0 Å². The number of fused-ring (bicyclic) bond motifs is 2. The van der Waals surface area contributed by atoms with E-state index in [-0.39, 0.29) is 5.69 Å². The number of hydrogen-bond acceptors (Lipinski definition) is 6. The van der Waals surface area contributed by atoms with Crippen LogP contribution in [-0.2, 0) is 6.54 Å². The van der Waals surface area contributed by atoms with E-state index in [1.807, 2.05) is 12.1 Å². The van der Waals surface area contributed by atoms with Gasteiger partial charge < -0.3 is 14.8 Å². The van der Waals surface area contributed by atoms with Crippen molar-refractivity contribution in [2.45, 2.75) is 6.54 Å². The second kappa shape index (κ2) is 6.68. The number of aromatic nitrogens is 1. The van der Waals surface area contributed by atoms with E-state index < -0.39 is 4.92 Å². The molecule has 2 heterocycles. The smallest absolute Gasteiger partial charge is 0.278 e. The average Bonchev–Trinajstić information content (AvgIpc) is 2.66. The highest BCUT2D eigenvalue weighted by Gasteiger charge is 2.17. The molecule has 0 saturated heterocycles. The molecular formula is C18H14ClN3O4. The van der Waals surface area contributed by atoms with Crippen LogP contribution in [0.25, 0.3) is 10.8 Å². The van der Waals surface area contributed by atoms with Crippen molar-refractivity contribution in [3.63, 3.8) is 0 Å². The van der Waals surface area contributed by atoms with Crippen LogP contribution in [0.1, 0.15) is 5.56 Å². The standard InChI is InChI=1S/C18H14ClN3O4/c19-14-7-11(8-17-18(14)26-6-5-25-17)9-21-15-1-2-16(22(23)24)13-10-20-4-3-12(13)15/h1-4,7-8,10,21H,5-6,9H2. The molecule has 0 fully saturated rings. The maximum Gasteiger partial charge on any atom is 0.278 e. The quantitative estimate of drug-likeness (QED) is 0.547. The second-order valence-corrected chi connectivity index (χ2v) is 6.17. The van der Waals surface area contributed by atoms with Gasteiger partial charge in [0.05, 0.1) is 15.3 Å². The van der Waals surface area contributed by atoms with E-state index >= 15 is 0 Å². The lowest BCUT2D eigenvalue weighted by Crippen LogP contribution is -2.16. The summed E-state index contributed by atoms with van der Waals surface area (Å²) in [6, 6.07) is 8.62. The molecule has 26 heavy (non-hydrogen) atoms. The molecule has 1 aliphatic rings. The first-order chi connectivity index (χ1) is 12.6. The number of benzene rings is 2. The van der Waals surface area contributed by atoms with Crippen molar-refractivity contribution in [2.75, 3.05) is 18.5 Å². The van der Waals surface area contributed by atoms with Crippen LogP contribution in [-0.4, -0.2) is 23.1 Å². The first-order valence-electron chi connectivity index (χ1n) is 7.96. The van der Waals surface area contributed by atoms with Crippen molar-refractivity contribution in [3.05, 3.63) is 63.4 Å². The molecule has 0 radical (unpaired) electrons. The van der Waals surface area contributed by atoms with Gasteiger partial charge in [-0.2, -0.15) is 0 Å². The predicted octanol–water partition coefficient (Wildman–Crippen LogP) is 4.18. The third-order valence-electron chi connectivity index (χ3n) is 4.13. The van der Waals surface area contributed by atoms with Crippen LogP contribution in [0.15, 0.2) is 42.7 Å². The molecule has 1 aliphatic heterocycles. The van der Waals surface area contributed by atoms with Gasteiger partial charge >= 0.3 is 0 Å². The van der Waals surface area contributed by atoms with E-state index in [2.05, 4.69) is 10.3 Å². The van der Waals surface area contributed by atoms with Crippen LogP contribution >= 0.6 is 11.6 Å². The number of halogens is 1. The molecule has 2 aromatic carbocycles. The highest BCUT2D eigenvalue weighted by atomic mass is 35.5. The predicted molar refractivity (Wildman–Crippen MR) is 98.2 cm³/mol. The Hall–Kier alpha value is -3.06. The van der Waals surface area contributed by atoms with Gasteiger partial charge in [-0.25, -0.2) is 0 Å². The van der Waals surface area contributed by atoms with Crippen molar-refractivity contribution < 1.29 is 14.4 Å².